The number of ketones is 2. The van der Waals surface area contributed by atoms with Crippen LogP contribution in [0.25, 0.3) is 0 Å². The maximum Gasteiger partial charge on any atom is 0.291 e. The highest BCUT2D eigenvalue weighted by molar-refractivity contribution is 6.44. The van der Waals surface area contributed by atoms with Crippen LogP contribution in [0.1, 0.15) is 28.4 Å². The van der Waals surface area contributed by atoms with E-state index < -0.39 is 29.4 Å². The van der Waals surface area contributed by atoms with Gasteiger partial charge < -0.3 is 19.1 Å². The number of hydrogen-bond donors (Lipinski definition) is 1. The fourth-order valence-electron chi connectivity index (χ4n) is 4.45. The van der Waals surface area contributed by atoms with Gasteiger partial charge in [0, 0.05) is 18.5 Å². The van der Waals surface area contributed by atoms with Gasteiger partial charge in [0.25, 0.3) is 5.91 Å². The van der Waals surface area contributed by atoms with Gasteiger partial charge in [-0.2, -0.15) is 0 Å². The van der Waals surface area contributed by atoms with Crippen LogP contribution in [0.15, 0.2) is 61.2 Å². The minimum absolute atomic E-state index is 0.314. The SMILES string of the molecule is COc1ccc(C(=O)C2C(=O)C(=O)N(CCC[n+]3cc[nH]c3)C2c2ccc(OC)c(OC)c2)cc1. The van der Waals surface area contributed by atoms with E-state index in [-0.39, 0.29) is 0 Å². The number of carbonyl (C=O) groups excluding carboxylic acids is 3. The summed E-state index contributed by atoms with van der Waals surface area (Å²) in [5, 5.41) is 0. The third kappa shape index (κ3) is 4.75. The quantitative estimate of drug-likeness (QED) is 0.208. The number of Topliss-reactive ketones (excluding diaryl/α,β-unsaturated/α-hetero) is 2. The molecule has 9 nitrogen and oxygen atoms in total. The van der Waals surface area contributed by atoms with Gasteiger partial charge >= 0.3 is 0 Å². The highest BCUT2D eigenvalue weighted by Crippen LogP contribution is 2.41. The molecule has 1 saturated heterocycles. The topological polar surface area (TPSA) is 102 Å². The van der Waals surface area contributed by atoms with E-state index in [1.165, 1.54) is 26.2 Å². The number of nitrogens with zero attached hydrogens (tertiary/aromatic N) is 2. The Kier molecular flexibility index (Phi) is 7.14. The number of aromatic amines is 1. The first-order chi connectivity index (χ1) is 17.0. The summed E-state index contributed by atoms with van der Waals surface area (Å²) in [4.78, 5) is 44.4. The van der Waals surface area contributed by atoms with Crippen LogP contribution < -0.4 is 18.8 Å². The van der Waals surface area contributed by atoms with Gasteiger partial charge in [-0.25, -0.2) is 4.57 Å². The Bertz CT molecular complexity index is 1210. The largest absolute Gasteiger partial charge is 0.497 e. The van der Waals surface area contributed by atoms with Gasteiger partial charge in [-0.3, -0.25) is 19.4 Å². The fourth-order valence-corrected chi connectivity index (χ4v) is 4.45. The lowest BCUT2D eigenvalue weighted by Crippen LogP contribution is -2.36. The molecule has 2 unspecified atom stereocenters. The van der Waals surface area contributed by atoms with Crippen molar-refractivity contribution in [3.05, 3.63) is 72.3 Å². The molecular formula is C26H28N3O6+. The van der Waals surface area contributed by atoms with Gasteiger partial charge in [0.1, 0.15) is 24.1 Å². The summed E-state index contributed by atoms with van der Waals surface area (Å²) in [5.74, 6) is -1.39. The van der Waals surface area contributed by atoms with Gasteiger partial charge in [0.15, 0.2) is 17.3 Å². The van der Waals surface area contributed by atoms with Gasteiger partial charge in [-0.05, 0) is 42.0 Å². The van der Waals surface area contributed by atoms with Crippen molar-refractivity contribution in [2.24, 2.45) is 5.92 Å². The van der Waals surface area contributed by atoms with E-state index in [1.807, 2.05) is 17.1 Å². The standard InChI is InChI=1S/C26H27N3O6/c1-33-19-8-5-17(6-9-19)24(30)22-23(18-7-10-20(34-2)21(15-18)35-3)29(26(32)25(22)31)13-4-12-28-14-11-27-16-28/h5-11,14-16,22-23H,4,12-13H2,1-3H3/p+1. The lowest BCUT2D eigenvalue weighted by molar-refractivity contribution is -0.695. The number of rotatable bonds is 10. The first-order valence-electron chi connectivity index (χ1n) is 11.2. The van der Waals surface area contributed by atoms with Crippen molar-refractivity contribution in [3.63, 3.8) is 0 Å². The zero-order chi connectivity index (χ0) is 24.9. The van der Waals surface area contributed by atoms with Crippen LogP contribution in [0.4, 0.5) is 0 Å². The van der Waals surface area contributed by atoms with E-state index in [2.05, 4.69) is 4.98 Å². The highest BCUT2D eigenvalue weighted by atomic mass is 16.5. The number of carbonyl (C=O) groups is 3. The molecule has 1 aliphatic rings. The zero-order valence-corrected chi connectivity index (χ0v) is 19.9. The number of benzene rings is 2. The molecule has 1 N–H and O–H groups in total. The Balaban J connectivity index is 1.70. The van der Waals surface area contributed by atoms with Gasteiger partial charge in [-0.15, -0.1) is 0 Å². The number of amides is 1. The number of hydrogen-bond acceptors (Lipinski definition) is 6. The van der Waals surface area contributed by atoms with E-state index in [0.29, 0.717) is 47.9 Å². The lowest BCUT2D eigenvalue weighted by atomic mass is 9.86. The van der Waals surface area contributed by atoms with Crippen LogP contribution in [-0.2, 0) is 16.1 Å². The number of methoxy groups -OCH3 is 3. The molecule has 2 heterocycles. The van der Waals surface area contributed by atoms with Crippen molar-refractivity contribution >= 4 is 17.5 Å². The number of aromatic nitrogens is 2. The summed E-state index contributed by atoms with van der Waals surface area (Å²) in [6, 6.07) is 11.0. The maximum atomic E-state index is 13.6. The average Bonchev–Trinajstić information content (AvgIpc) is 3.50. The Morgan fingerprint density at radius 1 is 1.00 bits per heavy atom. The zero-order valence-electron chi connectivity index (χ0n) is 19.9. The summed E-state index contributed by atoms with van der Waals surface area (Å²) in [7, 11) is 4.58. The summed E-state index contributed by atoms with van der Waals surface area (Å²) in [6.45, 7) is 0.964. The number of imidazole rings is 1. The van der Waals surface area contributed by atoms with Crippen molar-refractivity contribution in [2.75, 3.05) is 27.9 Å². The maximum absolute atomic E-state index is 13.6. The van der Waals surface area contributed by atoms with Crippen LogP contribution in [0.5, 0.6) is 17.2 Å². The van der Waals surface area contributed by atoms with Crippen molar-refractivity contribution in [1.29, 1.82) is 0 Å². The van der Waals surface area contributed by atoms with Gasteiger partial charge in [-0.1, -0.05) is 6.07 Å². The van der Waals surface area contributed by atoms with Crippen LogP contribution in [0.2, 0.25) is 0 Å². The minimum Gasteiger partial charge on any atom is -0.497 e. The molecule has 1 aliphatic heterocycles. The molecule has 1 aromatic heterocycles. The molecule has 0 spiro atoms. The number of nitrogens with one attached hydrogen (secondary N) is 1. The van der Waals surface area contributed by atoms with Crippen LogP contribution >= 0.6 is 0 Å². The molecule has 4 rings (SSSR count). The van der Waals surface area contributed by atoms with Crippen molar-refractivity contribution in [1.82, 2.24) is 9.88 Å². The van der Waals surface area contributed by atoms with Crippen molar-refractivity contribution < 1.29 is 33.2 Å². The normalized spacial score (nSPS) is 17.5. The Hall–Kier alpha value is -4.14. The molecule has 35 heavy (non-hydrogen) atoms. The molecule has 3 aromatic rings. The van der Waals surface area contributed by atoms with E-state index >= 15 is 0 Å². The Morgan fingerprint density at radius 2 is 1.74 bits per heavy atom. The number of ether oxygens (including phenoxy) is 3. The first-order valence-corrected chi connectivity index (χ1v) is 11.2. The second-order valence-corrected chi connectivity index (χ2v) is 8.20. The predicted octanol–water partition coefficient (Wildman–Crippen LogP) is 2.37. The molecule has 1 amide bonds. The second-order valence-electron chi connectivity index (χ2n) is 8.20. The minimum atomic E-state index is -1.17. The monoisotopic (exact) mass is 478 g/mol. The molecule has 182 valence electrons. The molecule has 2 aromatic carbocycles. The van der Waals surface area contributed by atoms with Crippen molar-refractivity contribution in [2.45, 2.75) is 19.0 Å². The number of likely N-dealkylation sites (tertiary alicyclic amines) is 1. The Labute approximate surface area is 203 Å². The first kappa shape index (κ1) is 24.0. The molecule has 0 saturated carbocycles. The van der Waals surface area contributed by atoms with Crippen molar-refractivity contribution in [3.8, 4) is 17.2 Å². The van der Waals surface area contributed by atoms with E-state index in [9.17, 15) is 14.4 Å². The van der Waals surface area contributed by atoms with Crippen LogP contribution in [-0.4, -0.2) is 55.2 Å². The molecule has 9 heteroatoms. The summed E-state index contributed by atoms with van der Waals surface area (Å²) < 4.78 is 17.9. The van der Waals surface area contributed by atoms with E-state index in [0.717, 1.165) is 0 Å². The van der Waals surface area contributed by atoms with Gasteiger partial charge in [0.05, 0.1) is 33.9 Å². The lowest BCUT2D eigenvalue weighted by Gasteiger charge is -2.27. The summed E-state index contributed by atoms with van der Waals surface area (Å²) >= 11 is 0. The number of aryl methyl sites for hydroxylation is 1. The molecule has 0 aliphatic carbocycles. The number of H-pyrrole nitrogens is 1. The smallest absolute Gasteiger partial charge is 0.291 e. The van der Waals surface area contributed by atoms with E-state index in [4.69, 9.17) is 14.2 Å². The fraction of sp³-hybridized carbons (Fsp3) is 0.308. The van der Waals surface area contributed by atoms with E-state index in [1.54, 1.807) is 48.7 Å². The third-order valence-corrected chi connectivity index (χ3v) is 6.23. The summed E-state index contributed by atoms with van der Waals surface area (Å²) in [6.07, 6.45) is 6.12. The molecule has 1 fully saturated rings. The molecule has 0 radical (unpaired) electrons. The van der Waals surface area contributed by atoms with Crippen LogP contribution in [0, 0.1) is 5.92 Å². The van der Waals surface area contributed by atoms with Gasteiger partial charge in [0.2, 0.25) is 12.1 Å². The third-order valence-electron chi connectivity index (χ3n) is 6.23. The Morgan fingerprint density at radius 3 is 2.37 bits per heavy atom. The molecule has 2 atom stereocenters. The predicted molar refractivity (Wildman–Crippen MR) is 125 cm³/mol. The molecule has 0 bridgehead atoms. The highest BCUT2D eigenvalue weighted by Gasteiger charge is 2.51. The molecular weight excluding hydrogens is 450 g/mol. The second kappa shape index (κ2) is 10.4. The summed E-state index contributed by atoms with van der Waals surface area (Å²) in [5.41, 5.74) is 0.968. The van der Waals surface area contributed by atoms with Crippen LogP contribution in [0.3, 0.4) is 0 Å². The average molecular weight is 479 g/mol.